The van der Waals surface area contributed by atoms with Crippen molar-refractivity contribution >= 4 is 34.7 Å². The first-order valence-electron chi connectivity index (χ1n) is 7.46. The van der Waals surface area contributed by atoms with Crippen molar-refractivity contribution in [2.75, 3.05) is 16.0 Å². The number of hydrogen-bond donors (Lipinski definition) is 3. The van der Waals surface area contributed by atoms with Crippen LogP contribution in [0.5, 0.6) is 0 Å². The van der Waals surface area contributed by atoms with Gasteiger partial charge in [-0.3, -0.25) is 4.79 Å². The van der Waals surface area contributed by atoms with Crippen molar-refractivity contribution in [2.45, 2.75) is 6.92 Å². The molecule has 1 heterocycles. The maximum absolute atomic E-state index is 13.7. The lowest BCUT2D eigenvalue weighted by atomic mass is 10.3. The van der Waals surface area contributed by atoms with Gasteiger partial charge < -0.3 is 16.0 Å². The number of carbonyl (C=O) groups is 1. The molecule has 3 rings (SSSR count). The Kier molecular flexibility index (Phi) is 4.79. The molecule has 1 aromatic heterocycles. The van der Waals surface area contributed by atoms with Crippen molar-refractivity contribution in [2.24, 2.45) is 0 Å². The molecule has 25 heavy (non-hydrogen) atoms. The first kappa shape index (κ1) is 16.3. The molecule has 7 nitrogen and oxygen atoms in total. The Balaban J connectivity index is 1.76. The second-order valence-corrected chi connectivity index (χ2v) is 5.16. The standard InChI is InChI=1S/C17H15FN6O/c1-11(25)20-12-5-4-6-13(9-12)21-17-23-16(10-19-24-17)22-15-8-3-2-7-14(15)18/h2-10H,1H3,(H,20,25)(H2,21,22,23,24). The minimum Gasteiger partial charge on any atom is -0.336 e. The molecule has 0 bridgehead atoms. The molecule has 0 atom stereocenters. The van der Waals surface area contributed by atoms with E-state index in [0.717, 1.165) is 0 Å². The van der Waals surface area contributed by atoms with Crippen LogP contribution in [-0.4, -0.2) is 21.1 Å². The van der Waals surface area contributed by atoms with E-state index in [1.54, 1.807) is 42.5 Å². The maximum Gasteiger partial charge on any atom is 0.249 e. The molecule has 0 fully saturated rings. The average Bonchev–Trinajstić information content (AvgIpc) is 2.57. The van der Waals surface area contributed by atoms with Crippen LogP contribution in [0.25, 0.3) is 0 Å². The predicted octanol–water partition coefficient (Wildman–Crippen LogP) is 3.46. The molecule has 0 radical (unpaired) electrons. The summed E-state index contributed by atoms with van der Waals surface area (Å²) < 4.78 is 13.7. The van der Waals surface area contributed by atoms with E-state index < -0.39 is 5.82 Å². The third kappa shape index (κ3) is 4.47. The summed E-state index contributed by atoms with van der Waals surface area (Å²) in [5.74, 6) is 0.0340. The van der Waals surface area contributed by atoms with Gasteiger partial charge in [-0.1, -0.05) is 18.2 Å². The van der Waals surface area contributed by atoms with Crippen LogP contribution in [0.1, 0.15) is 6.92 Å². The van der Waals surface area contributed by atoms with Crippen LogP contribution in [0, 0.1) is 5.82 Å². The highest BCUT2D eigenvalue weighted by Crippen LogP contribution is 2.20. The molecular formula is C17H15FN6O. The highest BCUT2D eigenvalue weighted by atomic mass is 19.1. The highest BCUT2D eigenvalue weighted by molar-refractivity contribution is 5.89. The second kappa shape index (κ2) is 7.35. The number of para-hydroxylation sites is 1. The number of benzene rings is 2. The summed E-state index contributed by atoms with van der Waals surface area (Å²) in [6.45, 7) is 1.44. The summed E-state index contributed by atoms with van der Waals surface area (Å²) in [5, 5.41) is 16.3. The molecule has 0 aliphatic rings. The van der Waals surface area contributed by atoms with E-state index in [1.807, 2.05) is 0 Å². The third-order valence-electron chi connectivity index (χ3n) is 3.13. The molecule has 8 heteroatoms. The fourth-order valence-electron chi connectivity index (χ4n) is 2.12. The lowest BCUT2D eigenvalue weighted by Crippen LogP contribution is -2.06. The average molecular weight is 338 g/mol. The number of carbonyl (C=O) groups excluding carboxylic acids is 1. The van der Waals surface area contributed by atoms with E-state index in [-0.39, 0.29) is 11.9 Å². The quantitative estimate of drug-likeness (QED) is 0.660. The molecule has 1 amide bonds. The monoisotopic (exact) mass is 338 g/mol. The number of amides is 1. The van der Waals surface area contributed by atoms with Gasteiger partial charge in [-0.25, -0.2) is 4.39 Å². The zero-order chi connectivity index (χ0) is 17.6. The minimum atomic E-state index is -0.390. The Labute approximate surface area is 143 Å². The van der Waals surface area contributed by atoms with Gasteiger partial charge in [-0.15, -0.1) is 5.10 Å². The van der Waals surface area contributed by atoms with Gasteiger partial charge in [0.2, 0.25) is 11.9 Å². The van der Waals surface area contributed by atoms with Gasteiger partial charge in [-0.2, -0.15) is 10.1 Å². The molecule has 0 unspecified atom stereocenters. The largest absolute Gasteiger partial charge is 0.336 e. The zero-order valence-corrected chi connectivity index (χ0v) is 13.3. The molecule has 0 spiro atoms. The lowest BCUT2D eigenvalue weighted by Gasteiger charge is -2.09. The van der Waals surface area contributed by atoms with E-state index in [1.165, 1.54) is 19.2 Å². The smallest absolute Gasteiger partial charge is 0.249 e. The SMILES string of the molecule is CC(=O)Nc1cccc(Nc2nncc(Nc3ccccc3F)n2)c1. The highest BCUT2D eigenvalue weighted by Gasteiger charge is 2.05. The Morgan fingerprint density at radius 1 is 1.04 bits per heavy atom. The van der Waals surface area contributed by atoms with E-state index >= 15 is 0 Å². The first-order chi connectivity index (χ1) is 12.1. The fraction of sp³-hybridized carbons (Fsp3) is 0.0588. The van der Waals surface area contributed by atoms with Gasteiger partial charge >= 0.3 is 0 Å². The Morgan fingerprint density at radius 2 is 1.84 bits per heavy atom. The van der Waals surface area contributed by atoms with Gasteiger partial charge in [0, 0.05) is 18.3 Å². The predicted molar refractivity (Wildman–Crippen MR) is 93.5 cm³/mol. The van der Waals surface area contributed by atoms with Crippen molar-refractivity contribution in [3.05, 3.63) is 60.5 Å². The van der Waals surface area contributed by atoms with Crippen LogP contribution in [0.3, 0.4) is 0 Å². The second-order valence-electron chi connectivity index (χ2n) is 5.16. The van der Waals surface area contributed by atoms with Gasteiger partial charge in [0.1, 0.15) is 5.82 Å². The summed E-state index contributed by atoms with van der Waals surface area (Å²) in [6, 6.07) is 13.4. The minimum absolute atomic E-state index is 0.161. The van der Waals surface area contributed by atoms with Gasteiger partial charge in [0.15, 0.2) is 5.82 Å². The van der Waals surface area contributed by atoms with Crippen LogP contribution in [0.15, 0.2) is 54.7 Å². The van der Waals surface area contributed by atoms with Crippen molar-refractivity contribution in [1.82, 2.24) is 15.2 Å². The molecule has 0 aliphatic heterocycles. The normalized spacial score (nSPS) is 10.2. The molecule has 0 aliphatic carbocycles. The van der Waals surface area contributed by atoms with E-state index in [2.05, 4.69) is 31.1 Å². The summed E-state index contributed by atoms with van der Waals surface area (Å²) in [7, 11) is 0. The zero-order valence-electron chi connectivity index (χ0n) is 13.3. The van der Waals surface area contributed by atoms with Gasteiger partial charge in [0.05, 0.1) is 11.9 Å². The Bertz CT molecular complexity index is 902. The summed E-state index contributed by atoms with van der Waals surface area (Å²) >= 11 is 0. The molecule has 126 valence electrons. The summed E-state index contributed by atoms with van der Waals surface area (Å²) in [5.41, 5.74) is 1.61. The van der Waals surface area contributed by atoms with Crippen molar-refractivity contribution in [3.8, 4) is 0 Å². The van der Waals surface area contributed by atoms with Gasteiger partial charge in [-0.05, 0) is 30.3 Å². The molecule has 0 saturated carbocycles. The number of hydrogen-bond acceptors (Lipinski definition) is 6. The van der Waals surface area contributed by atoms with Crippen molar-refractivity contribution in [1.29, 1.82) is 0 Å². The number of anilines is 5. The van der Waals surface area contributed by atoms with Crippen LogP contribution >= 0.6 is 0 Å². The van der Waals surface area contributed by atoms with E-state index in [4.69, 9.17) is 0 Å². The van der Waals surface area contributed by atoms with Gasteiger partial charge in [0.25, 0.3) is 0 Å². The molecular weight excluding hydrogens is 323 g/mol. The van der Waals surface area contributed by atoms with Crippen molar-refractivity contribution < 1.29 is 9.18 Å². The Hall–Kier alpha value is -3.55. The third-order valence-corrected chi connectivity index (χ3v) is 3.13. The Morgan fingerprint density at radius 3 is 2.64 bits per heavy atom. The number of rotatable bonds is 5. The molecule has 3 aromatic rings. The number of nitrogens with zero attached hydrogens (tertiary/aromatic N) is 3. The number of nitrogens with one attached hydrogen (secondary N) is 3. The number of aromatic nitrogens is 3. The van der Waals surface area contributed by atoms with E-state index in [0.29, 0.717) is 22.9 Å². The summed E-state index contributed by atoms with van der Waals surface area (Å²) in [4.78, 5) is 15.4. The van der Waals surface area contributed by atoms with Crippen molar-refractivity contribution in [3.63, 3.8) is 0 Å². The topological polar surface area (TPSA) is 91.8 Å². The fourth-order valence-corrected chi connectivity index (χ4v) is 2.12. The summed E-state index contributed by atoms with van der Waals surface area (Å²) in [6.07, 6.45) is 1.39. The maximum atomic E-state index is 13.7. The van der Waals surface area contributed by atoms with Crippen LogP contribution in [0.4, 0.5) is 33.2 Å². The lowest BCUT2D eigenvalue weighted by molar-refractivity contribution is -0.114. The molecule has 3 N–H and O–H groups in total. The molecule has 0 saturated heterocycles. The first-order valence-corrected chi connectivity index (χ1v) is 7.46. The van der Waals surface area contributed by atoms with Crippen LogP contribution < -0.4 is 16.0 Å². The molecule has 2 aromatic carbocycles. The van der Waals surface area contributed by atoms with Crippen LogP contribution in [0.2, 0.25) is 0 Å². The van der Waals surface area contributed by atoms with Crippen LogP contribution in [-0.2, 0) is 4.79 Å². The number of halogens is 1. The van der Waals surface area contributed by atoms with E-state index in [9.17, 15) is 9.18 Å².